The Kier molecular flexibility index (Phi) is 6.98. The molecular formula is C21H24FNO5. The first-order chi connectivity index (χ1) is 13.2. The van der Waals surface area contributed by atoms with Crippen LogP contribution >= 0.6 is 0 Å². The molecule has 7 heteroatoms. The Balaban J connectivity index is 2.12. The van der Waals surface area contributed by atoms with E-state index < -0.39 is 18.0 Å². The lowest BCUT2D eigenvalue weighted by Gasteiger charge is -2.26. The highest BCUT2D eigenvalue weighted by Gasteiger charge is 2.25. The Hall–Kier alpha value is -3.09. The normalized spacial score (nSPS) is 11.0. The lowest BCUT2D eigenvalue weighted by atomic mass is 9.84. The second-order valence-electron chi connectivity index (χ2n) is 6.82. The molecule has 0 atom stereocenters. The largest absolute Gasteiger partial charge is 0.490 e. The second kappa shape index (κ2) is 9.21. The zero-order valence-corrected chi connectivity index (χ0v) is 16.1. The zero-order valence-electron chi connectivity index (χ0n) is 16.1. The van der Waals surface area contributed by atoms with Crippen LogP contribution in [0.25, 0.3) is 0 Å². The molecule has 150 valence electrons. The van der Waals surface area contributed by atoms with Gasteiger partial charge in [0.25, 0.3) is 5.91 Å². The fraction of sp³-hybridized carbons (Fsp3) is 0.333. The Morgan fingerprint density at radius 3 is 2.46 bits per heavy atom. The van der Waals surface area contributed by atoms with E-state index in [-0.39, 0.29) is 29.8 Å². The van der Waals surface area contributed by atoms with Crippen molar-refractivity contribution in [2.24, 2.45) is 0 Å². The van der Waals surface area contributed by atoms with Gasteiger partial charge in [0.05, 0.1) is 6.61 Å². The van der Waals surface area contributed by atoms with Gasteiger partial charge in [0, 0.05) is 17.5 Å². The minimum atomic E-state index is -1.11. The molecule has 0 fully saturated rings. The van der Waals surface area contributed by atoms with Gasteiger partial charge in [-0.05, 0) is 36.8 Å². The number of hydrogen-bond donors (Lipinski definition) is 2. The highest BCUT2D eigenvalue weighted by Crippen LogP contribution is 2.29. The average Bonchev–Trinajstić information content (AvgIpc) is 2.65. The maximum atomic E-state index is 14.1. The summed E-state index contributed by atoms with van der Waals surface area (Å²) in [6, 6.07) is 11.0. The summed E-state index contributed by atoms with van der Waals surface area (Å²) in [6.07, 6.45) is 0. The number of amides is 1. The van der Waals surface area contributed by atoms with Crippen molar-refractivity contribution in [1.82, 2.24) is 5.32 Å². The van der Waals surface area contributed by atoms with Crippen molar-refractivity contribution in [1.29, 1.82) is 0 Å². The fourth-order valence-corrected chi connectivity index (χ4v) is 2.68. The summed E-state index contributed by atoms with van der Waals surface area (Å²) < 4.78 is 24.7. The predicted octanol–water partition coefficient (Wildman–Crippen LogP) is 3.40. The van der Waals surface area contributed by atoms with Crippen molar-refractivity contribution in [2.75, 3.05) is 19.8 Å². The van der Waals surface area contributed by atoms with Crippen molar-refractivity contribution in [3.8, 4) is 11.5 Å². The van der Waals surface area contributed by atoms with Gasteiger partial charge in [0.15, 0.2) is 18.1 Å². The molecule has 0 aromatic heterocycles. The Morgan fingerprint density at radius 2 is 1.82 bits per heavy atom. The quantitative estimate of drug-likeness (QED) is 0.687. The van der Waals surface area contributed by atoms with Crippen molar-refractivity contribution in [2.45, 2.75) is 26.2 Å². The van der Waals surface area contributed by atoms with Gasteiger partial charge >= 0.3 is 5.97 Å². The maximum absolute atomic E-state index is 14.1. The maximum Gasteiger partial charge on any atom is 0.341 e. The van der Waals surface area contributed by atoms with Crippen LogP contribution in [0.5, 0.6) is 11.5 Å². The number of nitrogens with one attached hydrogen (secondary N) is 1. The number of rotatable bonds is 9. The monoisotopic (exact) mass is 389 g/mol. The van der Waals surface area contributed by atoms with E-state index in [2.05, 4.69) is 5.32 Å². The number of carbonyl (C=O) groups is 2. The predicted molar refractivity (Wildman–Crippen MR) is 103 cm³/mol. The minimum absolute atomic E-state index is 0.230. The van der Waals surface area contributed by atoms with E-state index in [9.17, 15) is 14.0 Å². The van der Waals surface area contributed by atoms with Crippen molar-refractivity contribution < 1.29 is 28.6 Å². The zero-order chi connectivity index (χ0) is 20.7. The summed E-state index contributed by atoms with van der Waals surface area (Å²) in [5, 5.41) is 11.5. The molecule has 0 aliphatic carbocycles. The van der Waals surface area contributed by atoms with E-state index in [1.54, 1.807) is 25.1 Å². The Labute approximate surface area is 163 Å². The van der Waals surface area contributed by atoms with Gasteiger partial charge in [0.1, 0.15) is 5.82 Å². The van der Waals surface area contributed by atoms with E-state index in [0.717, 1.165) is 0 Å². The molecule has 2 rings (SSSR count). The number of halogens is 1. The summed E-state index contributed by atoms with van der Waals surface area (Å²) in [5.74, 6) is -1.26. The molecular weight excluding hydrogens is 365 g/mol. The summed E-state index contributed by atoms with van der Waals surface area (Å²) in [5.41, 5.74) is 0.243. The summed E-state index contributed by atoms with van der Waals surface area (Å²) in [4.78, 5) is 23.2. The van der Waals surface area contributed by atoms with Gasteiger partial charge in [-0.15, -0.1) is 0 Å². The van der Waals surface area contributed by atoms with Gasteiger partial charge in [-0.1, -0.05) is 32.0 Å². The number of hydrogen-bond acceptors (Lipinski definition) is 4. The Bertz CT molecular complexity index is 850. The van der Waals surface area contributed by atoms with E-state index in [1.807, 2.05) is 13.8 Å². The van der Waals surface area contributed by atoms with E-state index in [1.165, 1.54) is 24.3 Å². The number of carboxylic acids is 1. The molecule has 0 radical (unpaired) electrons. The number of benzene rings is 2. The first-order valence-corrected chi connectivity index (χ1v) is 8.89. The average molecular weight is 389 g/mol. The van der Waals surface area contributed by atoms with Gasteiger partial charge in [-0.3, -0.25) is 4.79 Å². The molecule has 0 aliphatic heterocycles. The molecule has 0 heterocycles. The van der Waals surface area contributed by atoms with Crippen molar-refractivity contribution >= 4 is 11.9 Å². The van der Waals surface area contributed by atoms with Crippen LogP contribution in [0.3, 0.4) is 0 Å². The van der Waals surface area contributed by atoms with E-state index in [4.69, 9.17) is 14.6 Å². The van der Waals surface area contributed by atoms with Gasteiger partial charge in [-0.2, -0.15) is 0 Å². The molecule has 1 amide bonds. The molecule has 0 aliphatic rings. The summed E-state index contributed by atoms with van der Waals surface area (Å²) in [7, 11) is 0. The molecule has 0 saturated carbocycles. The topological polar surface area (TPSA) is 84.9 Å². The van der Waals surface area contributed by atoms with Crippen molar-refractivity contribution in [3.63, 3.8) is 0 Å². The summed E-state index contributed by atoms with van der Waals surface area (Å²) in [6.45, 7) is 5.51. The van der Waals surface area contributed by atoms with Crippen LogP contribution in [0.15, 0.2) is 42.5 Å². The van der Waals surface area contributed by atoms with Gasteiger partial charge < -0.3 is 19.9 Å². The molecule has 2 aromatic rings. The molecule has 0 saturated heterocycles. The first kappa shape index (κ1) is 21.2. The second-order valence-corrected chi connectivity index (χ2v) is 6.82. The first-order valence-electron chi connectivity index (χ1n) is 8.89. The highest BCUT2D eigenvalue weighted by molar-refractivity contribution is 5.95. The van der Waals surface area contributed by atoms with Crippen LogP contribution in [0.1, 0.15) is 36.7 Å². The molecule has 0 unspecified atom stereocenters. The highest BCUT2D eigenvalue weighted by atomic mass is 19.1. The standard InChI is InChI=1S/C21H24FNO5/c1-4-27-18-11-14(9-10-17(18)28-12-19(24)25)20(26)23-13-21(2,3)15-7-5-6-8-16(15)22/h5-11H,4,12-13H2,1-3H3,(H,23,26)(H,24,25). The van der Waals surface area contributed by atoms with Crippen LogP contribution in [-0.2, 0) is 10.2 Å². The lowest BCUT2D eigenvalue weighted by Crippen LogP contribution is -2.37. The summed E-state index contributed by atoms with van der Waals surface area (Å²) >= 11 is 0. The van der Waals surface area contributed by atoms with Crippen LogP contribution in [0.2, 0.25) is 0 Å². The molecule has 2 aromatic carbocycles. The minimum Gasteiger partial charge on any atom is -0.490 e. The molecule has 0 spiro atoms. The van der Waals surface area contributed by atoms with E-state index in [0.29, 0.717) is 17.7 Å². The van der Waals surface area contributed by atoms with Crippen LogP contribution in [0, 0.1) is 5.82 Å². The van der Waals surface area contributed by atoms with E-state index >= 15 is 0 Å². The number of carboxylic acid groups (broad SMARTS) is 1. The SMILES string of the molecule is CCOc1cc(C(=O)NCC(C)(C)c2ccccc2F)ccc1OCC(=O)O. The van der Waals surface area contributed by atoms with Crippen molar-refractivity contribution in [3.05, 3.63) is 59.4 Å². The molecule has 6 nitrogen and oxygen atoms in total. The third-order valence-electron chi connectivity index (χ3n) is 4.15. The smallest absolute Gasteiger partial charge is 0.341 e. The molecule has 0 bridgehead atoms. The van der Waals surface area contributed by atoms with Crippen LogP contribution < -0.4 is 14.8 Å². The number of aliphatic carboxylic acids is 1. The molecule has 2 N–H and O–H groups in total. The van der Waals surface area contributed by atoms with Gasteiger partial charge in [0.2, 0.25) is 0 Å². The number of ether oxygens (including phenoxy) is 2. The molecule has 28 heavy (non-hydrogen) atoms. The van der Waals surface area contributed by atoms with Gasteiger partial charge in [-0.25, -0.2) is 9.18 Å². The Morgan fingerprint density at radius 1 is 1.11 bits per heavy atom. The fourth-order valence-electron chi connectivity index (χ4n) is 2.68. The third-order valence-corrected chi connectivity index (χ3v) is 4.15. The third kappa shape index (κ3) is 5.45. The van der Waals surface area contributed by atoms with Crippen LogP contribution in [0.4, 0.5) is 4.39 Å². The van der Waals surface area contributed by atoms with Crippen LogP contribution in [-0.4, -0.2) is 36.7 Å². The lowest BCUT2D eigenvalue weighted by molar-refractivity contribution is -0.139. The number of carbonyl (C=O) groups excluding carboxylic acids is 1.